The topological polar surface area (TPSA) is 21.3 Å². The molecule has 0 aliphatic heterocycles. The highest BCUT2D eigenvalue weighted by molar-refractivity contribution is 6.30. The molecule has 0 aliphatic carbocycles. The van der Waals surface area contributed by atoms with Gasteiger partial charge >= 0.3 is 0 Å². The van der Waals surface area contributed by atoms with Gasteiger partial charge in [-0.15, -0.1) is 0 Å². The zero-order valence-corrected chi connectivity index (χ0v) is 13.0. The van der Waals surface area contributed by atoms with Crippen molar-refractivity contribution >= 4 is 11.6 Å². The fourth-order valence-corrected chi connectivity index (χ4v) is 2.13. The standard InChI is InChI=1S/C17H19ClFNO/c1-3-8-20-11-13-5-6-14(18)9-17(13)21-16-10-15(19)7-4-12(16)2/h4-7,9-10,20H,3,8,11H2,1-2H3. The SMILES string of the molecule is CCCNCc1ccc(Cl)cc1Oc1cc(F)ccc1C. The molecule has 21 heavy (non-hydrogen) atoms. The number of halogens is 2. The average Bonchev–Trinajstić information content (AvgIpc) is 2.45. The number of hydrogen-bond donors (Lipinski definition) is 1. The van der Waals surface area contributed by atoms with Crippen LogP contribution in [0.25, 0.3) is 0 Å². The Kier molecular flexibility index (Phi) is 5.59. The Hall–Kier alpha value is -1.58. The van der Waals surface area contributed by atoms with Gasteiger partial charge in [0.05, 0.1) is 0 Å². The lowest BCUT2D eigenvalue weighted by atomic mass is 10.2. The van der Waals surface area contributed by atoms with Crippen molar-refractivity contribution in [2.24, 2.45) is 0 Å². The smallest absolute Gasteiger partial charge is 0.133 e. The molecule has 0 spiro atoms. The third kappa shape index (κ3) is 4.45. The van der Waals surface area contributed by atoms with Crippen LogP contribution in [0.3, 0.4) is 0 Å². The molecule has 0 atom stereocenters. The van der Waals surface area contributed by atoms with E-state index in [9.17, 15) is 4.39 Å². The summed E-state index contributed by atoms with van der Waals surface area (Å²) in [6.45, 7) is 5.62. The summed E-state index contributed by atoms with van der Waals surface area (Å²) in [6.07, 6.45) is 1.06. The Morgan fingerprint density at radius 1 is 1.14 bits per heavy atom. The largest absolute Gasteiger partial charge is 0.457 e. The maximum atomic E-state index is 13.4. The van der Waals surface area contributed by atoms with Gasteiger partial charge in [0.2, 0.25) is 0 Å². The predicted molar refractivity (Wildman–Crippen MR) is 84.7 cm³/mol. The number of aryl methyl sites for hydroxylation is 1. The first-order chi connectivity index (χ1) is 10.1. The minimum Gasteiger partial charge on any atom is -0.457 e. The molecule has 0 heterocycles. The molecule has 0 bridgehead atoms. The normalized spacial score (nSPS) is 10.7. The van der Waals surface area contributed by atoms with E-state index >= 15 is 0 Å². The quantitative estimate of drug-likeness (QED) is 0.751. The summed E-state index contributed by atoms with van der Waals surface area (Å²) < 4.78 is 19.2. The van der Waals surface area contributed by atoms with E-state index in [0.717, 1.165) is 24.1 Å². The van der Waals surface area contributed by atoms with E-state index in [2.05, 4.69) is 12.2 Å². The summed E-state index contributed by atoms with van der Waals surface area (Å²) in [6, 6.07) is 10.0. The second-order valence-electron chi connectivity index (χ2n) is 4.94. The van der Waals surface area contributed by atoms with Gasteiger partial charge in [-0.25, -0.2) is 4.39 Å². The van der Waals surface area contributed by atoms with Crippen LogP contribution in [-0.2, 0) is 6.54 Å². The van der Waals surface area contributed by atoms with E-state index in [1.807, 2.05) is 19.1 Å². The van der Waals surface area contributed by atoms with E-state index < -0.39 is 0 Å². The van der Waals surface area contributed by atoms with Gasteiger partial charge in [0.15, 0.2) is 0 Å². The van der Waals surface area contributed by atoms with Crippen molar-refractivity contribution in [3.05, 3.63) is 58.4 Å². The fourth-order valence-electron chi connectivity index (χ4n) is 1.97. The molecule has 4 heteroatoms. The Morgan fingerprint density at radius 2 is 1.95 bits per heavy atom. The molecule has 0 saturated carbocycles. The monoisotopic (exact) mass is 307 g/mol. The maximum Gasteiger partial charge on any atom is 0.133 e. The van der Waals surface area contributed by atoms with Crippen LogP contribution in [0.5, 0.6) is 11.5 Å². The van der Waals surface area contributed by atoms with Crippen molar-refractivity contribution in [3.63, 3.8) is 0 Å². The summed E-state index contributed by atoms with van der Waals surface area (Å²) in [5.41, 5.74) is 1.88. The lowest BCUT2D eigenvalue weighted by Crippen LogP contribution is -2.14. The Labute approximate surface area is 129 Å². The van der Waals surface area contributed by atoms with Crippen molar-refractivity contribution in [1.82, 2.24) is 5.32 Å². The Bertz CT molecular complexity index is 616. The summed E-state index contributed by atoms with van der Waals surface area (Å²) in [4.78, 5) is 0. The number of benzene rings is 2. The van der Waals surface area contributed by atoms with Crippen LogP contribution in [0.1, 0.15) is 24.5 Å². The molecule has 0 unspecified atom stereocenters. The Balaban J connectivity index is 2.25. The van der Waals surface area contributed by atoms with Gasteiger partial charge in [0.1, 0.15) is 17.3 Å². The zero-order chi connectivity index (χ0) is 15.2. The third-order valence-corrected chi connectivity index (χ3v) is 3.38. The number of ether oxygens (including phenoxy) is 1. The lowest BCUT2D eigenvalue weighted by Gasteiger charge is -2.14. The predicted octanol–water partition coefficient (Wildman–Crippen LogP) is 5.08. The van der Waals surface area contributed by atoms with Crippen LogP contribution in [0.15, 0.2) is 36.4 Å². The second-order valence-corrected chi connectivity index (χ2v) is 5.38. The molecule has 2 rings (SSSR count). The highest BCUT2D eigenvalue weighted by Gasteiger charge is 2.09. The molecule has 0 radical (unpaired) electrons. The molecule has 0 saturated heterocycles. The first-order valence-electron chi connectivity index (χ1n) is 7.03. The van der Waals surface area contributed by atoms with Gasteiger partial charge in [0, 0.05) is 23.2 Å². The molecular formula is C17H19ClFNO. The molecule has 0 amide bonds. The third-order valence-electron chi connectivity index (χ3n) is 3.14. The summed E-state index contributed by atoms with van der Waals surface area (Å²) in [5.74, 6) is 0.845. The molecule has 1 N–H and O–H groups in total. The maximum absolute atomic E-state index is 13.4. The minimum absolute atomic E-state index is 0.316. The van der Waals surface area contributed by atoms with E-state index in [-0.39, 0.29) is 5.82 Å². The van der Waals surface area contributed by atoms with E-state index in [1.165, 1.54) is 12.1 Å². The molecule has 112 valence electrons. The zero-order valence-electron chi connectivity index (χ0n) is 12.2. The van der Waals surface area contributed by atoms with E-state index in [0.29, 0.717) is 23.1 Å². The highest BCUT2D eigenvalue weighted by Crippen LogP contribution is 2.30. The molecular weight excluding hydrogens is 289 g/mol. The van der Waals surface area contributed by atoms with Crippen molar-refractivity contribution in [2.75, 3.05) is 6.54 Å². The van der Waals surface area contributed by atoms with Crippen LogP contribution < -0.4 is 10.1 Å². The van der Waals surface area contributed by atoms with Gasteiger partial charge in [-0.05, 0) is 43.7 Å². The molecule has 0 fully saturated rings. The highest BCUT2D eigenvalue weighted by atomic mass is 35.5. The second kappa shape index (κ2) is 7.43. The minimum atomic E-state index is -0.316. The molecule has 2 aromatic carbocycles. The molecule has 0 aliphatic rings. The van der Waals surface area contributed by atoms with Gasteiger partial charge < -0.3 is 10.1 Å². The number of rotatable bonds is 6. The summed E-state index contributed by atoms with van der Waals surface area (Å²) in [7, 11) is 0. The van der Waals surface area contributed by atoms with Gasteiger partial charge in [-0.2, -0.15) is 0 Å². The van der Waals surface area contributed by atoms with E-state index in [4.69, 9.17) is 16.3 Å². The van der Waals surface area contributed by atoms with Crippen LogP contribution >= 0.6 is 11.6 Å². The van der Waals surface area contributed by atoms with Crippen molar-refractivity contribution in [3.8, 4) is 11.5 Å². The van der Waals surface area contributed by atoms with Gasteiger partial charge in [0.25, 0.3) is 0 Å². The molecule has 0 aromatic heterocycles. The lowest BCUT2D eigenvalue weighted by molar-refractivity contribution is 0.464. The van der Waals surface area contributed by atoms with Crippen molar-refractivity contribution in [1.29, 1.82) is 0 Å². The van der Waals surface area contributed by atoms with Gasteiger partial charge in [-0.3, -0.25) is 0 Å². The van der Waals surface area contributed by atoms with Crippen molar-refractivity contribution in [2.45, 2.75) is 26.8 Å². The number of hydrogen-bond acceptors (Lipinski definition) is 2. The molecule has 2 aromatic rings. The van der Waals surface area contributed by atoms with Crippen LogP contribution in [0, 0.1) is 12.7 Å². The van der Waals surface area contributed by atoms with Crippen molar-refractivity contribution < 1.29 is 9.13 Å². The first-order valence-corrected chi connectivity index (χ1v) is 7.41. The van der Waals surface area contributed by atoms with Crippen LogP contribution in [-0.4, -0.2) is 6.54 Å². The molecule has 2 nitrogen and oxygen atoms in total. The fraction of sp³-hybridized carbons (Fsp3) is 0.294. The summed E-state index contributed by atoms with van der Waals surface area (Å²) in [5, 5.41) is 3.92. The Morgan fingerprint density at radius 3 is 2.71 bits per heavy atom. The van der Waals surface area contributed by atoms with E-state index in [1.54, 1.807) is 12.1 Å². The average molecular weight is 308 g/mol. The van der Waals surface area contributed by atoms with Crippen LogP contribution in [0.4, 0.5) is 4.39 Å². The van der Waals surface area contributed by atoms with Gasteiger partial charge in [-0.1, -0.05) is 30.7 Å². The number of nitrogens with one attached hydrogen (secondary N) is 1. The van der Waals surface area contributed by atoms with Crippen LogP contribution in [0.2, 0.25) is 5.02 Å². The summed E-state index contributed by atoms with van der Waals surface area (Å²) >= 11 is 6.04. The first kappa shape index (κ1) is 15.8.